The molecule has 0 spiro atoms. The van der Waals surface area contributed by atoms with E-state index in [9.17, 15) is 5.11 Å². The normalized spacial score (nSPS) is 12.6. The lowest BCUT2D eigenvalue weighted by Gasteiger charge is -2.14. The maximum Gasteiger partial charge on any atom is 0.125 e. The molecule has 1 N–H and O–H groups in total. The third-order valence-corrected chi connectivity index (χ3v) is 2.37. The Hall–Kier alpha value is -0.580. The fraction of sp³-hybridized carbons (Fsp3) is 0.400. The Morgan fingerprint density at radius 1 is 1.43 bits per heavy atom. The Bertz CT molecular complexity index is 301. The molecule has 1 rings (SSSR count). The van der Waals surface area contributed by atoms with Gasteiger partial charge in [0.25, 0.3) is 0 Å². The molecule has 0 bridgehead atoms. The summed E-state index contributed by atoms with van der Waals surface area (Å²) >= 11 is 3.33. The highest BCUT2D eigenvalue weighted by molar-refractivity contribution is 9.10. The van der Waals surface area contributed by atoms with E-state index < -0.39 is 6.10 Å². The molecule has 1 aromatic rings. The zero-order valence-electron chi connectivity index (χ0n) is 8.16. The van der Waals surface area contributed by atoms with Gasteiger partial charge < -0.3 is 14.6 Å². The summed E-state index contributed by atoms with van der Waals surface area (Å²) in [5, 5.41) is 9.70. The minimum absolute atomic E-state index is 0.262. The summed E-state index contributed by atoms with van der Waals surface area (Å²) in [5.74, 6) is 0.656. The number of benzene rings is 1. The highest BCUT2D eigenvalue weighted by Crippen LogP contribution is 2.28. The number of hydrogen-bond acceptors (Lipinski definition) is 3. The van der Waals surface area contributed by atoms with Gasteiger partial charge in [-0.3, -0.25) is 0 Å². The fourth-order valence-corrected chi connectivity index (χ4v) is 1.55. The number of ether oxygens (including phenoxy) is 2. The van der Waals surface area contributed by atoms with Crippen molar-refractivity contribution in [3.63, 3.8) is 0 Å². The van der Waals surface area contributed by atoms with E-state index in [4.69, 9.17) is 9.47 Å². The SMILES string of the molecule is COCC(O)c1ccc(Br)cc1OC. The standard InChI is InChI=1S/C10H13BrO3/c1-13-6-9(12)8-4-3-7(11)5-10(8)14-2/h3-5,9,12H,6H2,1-2H3. The minimum Gasteiger partial charge on any atom is -0.496 e. The number of aliphatic hydroxyl groups is 1. The molecular weight excluding hydrogens is 248 g/mol. The topological polar surface area (TPSA) is 38.7 Å². The summed E-state index contributed by atoms with van der Waals surface area (Å²) in [6, 6.07) is 5.48. The molecule has 0 aliphatic heterocycles. The molecular formula is C10H13BrO3. The Labute approximate surface area is 91.8 Å². The van der Waals surface area contributed by atoms with Crippen LogP contribution in [0.5, 0.6) is 5.75 Å². The highest BCUT2D eigenvalue weighted by atomic mass is 79.9. The summed E-state index contributed by atoms with van der Waals surface area (Å²) in [5.41, 5.74) is 0.734. The highest BCUT2D eigenvalue weighted by Gasteiger charge is 2.12. The molecule has 0 fully saturated rings. The molecule has 78 valence electrons. The zero-order chi connectivity index (χ0) is 10.6. The molecule has 0 aromatic heterocycles. The van der Waals surface area contributed by atoms with Gasteiger partial charge in [-0.1, -0.05) is 22.0 Å². The second kappa shape index (κ2) is 5.34. The van der Waals surface area contributed by atoms with Crippen LogP contribution in [0, 0.1) is 0 Å². The lowest BCUT2D eigenvalue weighted by atomic mass is 10.1. The molecule has 14 heavy (non-hydrogen) atoms. The van der Waals surface area contributed by atoms with Crippen molar-refractivity contribution in [1.29, 1.82) is 0 Å². The molecule has 0 saturated carbocycles. The van der Waals surface area contributed by atoms with E-state index in [2.05, 4.69) is 15.9 Å². The van der Waals surface area contributed by atoms with Crippen LogP contribution in [-0.2, 0) is 4.74 Å². The molecule has 0 radical (unpaired) electrons. The van der Waals surface area contributed by atoms with Crippen LogP contribution in [-0.4, -0.2) is 25.9 Å². The molecule has 4 heteroatoms. The van der Waals surface area contributed by atoms with Crippen LogP contribution >= 0.6 is 15.9 Å². The van der Waals surface area contributed by atoms with Crippen molar-refractivity contribution in [1.82, 2.24) is 0 Å². The van der Waals surface area contributed by atoms with Crippen LogP contribution in [0.2, 0.25) is 0 Å². The van der Waals surface area contributed by atoms with E-state index in [1.807, 2.05) is 18.2 Å². The van der Waals surface area contributed by atoms with E-state index in [-0.39, 0.29) is 6.61 Å². The van der Waals surface area contributed by atoms with Crippen LogP contribution in [0.15, 0.2) is 22.7 Å². The van der Waals surface area contributed by atoms with Crippen molar-refractivity contribution in [2.75, 3.05) is 20.8 Å². The van der Waals surface area contributed by atoms with Gasteiger partial charge in [0.2, 0.25) is 0 Å². The first-order valence-electron chi connectivity index (χ1n) is 4.19. The number of methoxy groups -OCH3 is 2. The monoisotopic (exact) mass is 260 g/mol. The van der Waals surface area contributed by atoms with Gasteiger partial charge in [-0.25, -0.2) is 0 Å². The summed E-state index contributed by atoms with van der Waals surface area (Å²) in [6.07, 6.45) is -0.650. The Balaban J connectivity index is 2.95. The molecule has 0 heterocycles. The Morgan fingerprint density at radius 3 is 2.71 bits per heavy atom. The van der Waals surface area contributed by atoms with Gasteiger partial charge >= 0.3 is 0 Å². The van der Waals surface area contributed by atoms with E-state index in [1.165, 1.54) is 0 Å². The lowest BCUT2D eigenvalue weighted by Crippen LogP contribution is -2.06. The van der Waals surface area contributed by atoms with Crippen LogP contribution in [0.25, 0.3) is 0 Å². The Kier molecular flexibility index (Phi) is 4.38. The van der Waals surface area contributed by atoms with Crippen molar-refractivity contribution < 1.29 is 14.6 Å². The predicted molar refractivity (Wildman–Crippen MR) is 57.5 cm³/mol. The van der Waals surface area contributed by atoms with Gasteiger partial charge in [0, 0.05) is 17.1 Å². The molecule has 3 nitrogen and oxygen atoms in total. The van der Waals surface area contributed by atoms with Crippen LogP contribution in [0.3, 0.4) is 0 Å². The van der Waals surface area contributed by atoms with Crippen molar-refractivity contribution in [2.24, 2.45) is 0 Å². The average Bonchev–Trinajstić information content (AvgIpc) is 2.17. The van der Waals surface area contributed by atoms with Gasteiger partial charge in [0.1, 0.15) is 11.9 Å². The minimum atomic E-state index is -0.650. The summed E-state index contributed by atoms with van der Waals surface area (Å²) in [6.45, 7) is 0.262. The molecule has 0 amide bonds. The van der Waals surface area contributed by atoms with Gasteiger partial charge in [-0.05, 0) is 12.1 Å². The molecule has 1 atom stereocenters. The first kappa shape index (κ1) is 11.5. The molecule has 1 aromatic carbocycles. The second-order valence-corrected chi connectivity index (χ2v) is 3.77. The number of rotatable bonds is 4. The van der Waals surface area contributed by atoms with Gasteiger partial charge in [-0.15, -0.1) is 0 Å². The largest absolute Gasteiger partial charge is 0.496 e. The van der Waals surface area contributed by atoms with Crippen molar-refractivity contribution in [3.05, 3.63) is 28.2 Å². The third-order valence-electron chi connectivity index (χ3n) is 1.88. The number of halogens is 1. The maximum absolute atomic E-state index is 9.70. The van der Waals surface area contributed by atoms with Gasteiger partial charge in [-0.2, -0.15) is 0 Å². The van der Waals surface area contributed by atoms with E-state index >= 15 is 0 Å². The van der Waals surface area contributed by atoms with Crippen LogP contribution in [0.1, 0.15) is 11.7 Å². The number of hydrogen-bond donors (Lipinski definition) is 1. The third kappa shape index (κ3) is 2.70. The second-order valence-electron chi connectivity index (χ2n) is 2.86. The smallest absolute Gasteiger partial charge is 0.125 e. The molecule has 0 aliphatic rings. The van der Waals surface area contributed by atoms with Crippen LogP contribution < -0.4 is 4.74 Å². The Morgan fingerprint density at radius 2 is 2.14 bits per heavy atom. The summed E-state index contributed by atoms with van der Waals surface area (Å²) in [7, 11) is 3.12. The average molecular weight is 261 g/mol. The summed E-state index contributed by atoms with van der Waals surface area (Å²) in [4.78, 5) is 0. The van der Waals surface area contributed by atoms with Crippen LogP contribution in [0.4, 0.5) is 0 Å². The first-order valence-corrected chi connectivity index (χ1v) is 4.98. The summed E-state index contributed by atoms with van der Waals surface area (Å²) < 4.78 is 10.9. The zero-order valence-corrected chi connectivity index (χ0v) is 9.74. The van der Waals surface area contributed by atoms with Crippen molar-refractivity contribution in [2.45, 2.75) is 6.10 Å². The quantitative estimate of drug-likeness (QED) is 0.902. The van der Waals surface area contributed by atoms with Crippen molar-refractivity contribution >= 4 is 15.9 Å². The fourth-order valence-electron chi connectivity index (χ4n) is 1.21. The first-order chi connectivity index (χ1) is 6.69. The van der Waals surface area contributed by atoms with E-state index in [1.54, 1.807) is 14.2 Å². The van der Waals surface area contributed by atoms with Gasteiger partial charge in [0.05, 0.1) is 13.7 Å². The molecule has 1 unspecified atom stereocenters. The number of aliphatic hydroxyl groups excluding tert-OH is 1. The molecule has 0 saturated heterocycles. The van der Waals surface area contributed by atoms with Crippen molar-refractivity contribution in [3.8, 4) is 5.75 Å². The van der Waals surface area contributed by atoms with Gasteiger partial charge in [0.15, 0.2) is 0 Å². The molecule has 0 aliphatic carbocycles. The predicted octanol–water partition coefficient (Wildman–Crippen LogP) is 2.14. The van der Waals surface area contributed by atoms with E-state index in [0.29, 0.717) is 5.75 Å². The lowest BCUT2D eigenvalue weighted by molar-refractivity contribution is 0.0628. The maximum atomic E-state index is 9.70. The van der Waals surface area contributed by atoms with E-state index in [0.717, 1.165) is 10.0 Å².